The van der Waals surface area contributed by atoms with E-state index in [2.05, 4.69) is 53.4 Å². The Kier molecular flexibility index (Phi) is 8.34. The number of hydrogen-bond donors (Lipinski definition) is 2. The Morgan fingerprint density at radius 2 is 1.70 bits per heavy atom. The lowest BCUT2D eigenvalue weighted by Crippen LogP contribution is -2.60. The molecular formula is C33H57NO3. The molecule has 4 heteroatoms. The van der Waals surface area contributed by atoms with Crippen molar-refractivity contribution in [2.24, 2.45) is 51.2 Å². The van der Waals surface area contributed by atoms with Gasteiger partial charge in [-0.05, 0) is 122 Å². The summed E-state index contributed by atoms with van der Waals surface area (Å²) in [5.41, 5.74) is 2.26. The van der Waals surface area contributed by atoms with Crippen molar-refractivity contribution in [1.82, 2.24) is 5.32 Å². The first-order chi connectivity index (χ1) is 17.3. The summed E-state index contributed by atoms with van der Waals surface area (Å²) in [6, 6.07) is 0. The van der Waals surface area contributed by atoms with Crippen molar-refractivity contribution in [2.45, 2.75) is 118 Å². The van der Waals surface area contributed by atoms with Crippen LogP contribution >= 0.6 is 0 Å². The van der Waals surface area contributed by atoms with Crippen molar-refractivity contribution in [3.05, 3.63) is 12.2 Å². The lowest BCUT2D eigenvalue weighted by Gasteiger charge is -2.66. The number of esters is 1. The minimum Gasteiger partial charge on any atom is -0.468 e. The summed E-state index contributed by atoms with van der Waals surface area (Å²) in [4.78, 5) is 11.9. The van der Waals surface area contributed by atoms with E-state index < -0.39 is 0 Å². The molecule has 212 valence electrons. The molecule has 0 spiro atoms. The molecule has 0 aromatic heterocycles. The van der Waals surface area contributed by atoms with Crippen LogP contribution in [0, 0.1) is 51.2 Å². The summed E-state index contributed by atoms with van der Waals surface area (Å²) in [5, 5.41) is 14.5. The number of aliphatic hydroxyl groups is 1. The topological polar surface area (TPSA) is 58.6 Å². The van der Waals surface area contributed by atoms with Crippen LogP contribution in [0.3, 0.4) is 0 Å². The fourth-order valence-electron chi connectivity index (χ4n) is 10.1. The zero-order chi connectivity index (χ0) is 27.2. The summed E-state index contributed by atoms with van der Waals surface area (Å²) in [7, 11) is 1.48. The molecule has 4 fully saturated rings. The van der Waals surface area contributed by atoms with Gasteiger partial charge in [0.15, 0.2) is 0 Å². The molecule has 0 radical (unpaired) electrons. The standard InChI is InChI=1S/C33H57NO3/c1-22(2)25-15-17-33(21-34-20-28(36)37-8)19-18-32(7)26(29(25)33)13-12-24-10-9-11-27(35)30(4,5)23(3)14-16-31(24,32)6/h23-27,29,34-35H,1,9-21H2,2-8H3/t23-,24-,25-,26+,27-,29+,31+,32+,33+/m0/s1. The van der Waals surface area contributed by atoms with Crippen LogP contribution in [0.5, 0.6) is 0 Å². The normalized spacial score (nSPS) is 45.7. The minimum atomic E-state index is -0.193. The van der Waals surface area contributed by atoms with Gasteiger partial charge in [0, 0.05) is 6.54 Å². The largest absolute Gasteiger partial charge is 0.468 e. The van der Waals surface area contributed by atoms with Crippen molar-refractivity contribution in [3.63, 3.8) is 0 Å². The second-order valence-electron chi connectivity index (χ2n) is 15.0. The summed E-state index contributed by atoms with van der Waals surface area (Å²) in [6.45, 7) is 20.3. The number of rotatable bonds is 5. The highest BCUT2D eigenvalue weighted by Gasteiger charge is 2.65. The van der Waals surface area contributed by atoms with E-state index in [-0.39, 0.29) is 22.9 Å². The molecular weight excluding hydrogens is 458 g/mol. The molecule has 0 aliphatic heterocycles. The smallest absolute Gasteiger partial charge is 0.319 e. The Morgan fingerprint density at radius 3 is 2.38 bits per heavy atom. The van der Waals surface area contributed by atoms with E-state index in [0.717, 1.165) is 25.3 Å². The van der Waals surface area contributed by atoms with Gasteiger partial charge >= 0.3 is 5.97 Å². The molecule has 2 N–H and O–H groups in total. The first kappa shape index (κ1) is 29.1. The Bertz CT molecular complexity index is 853. The van der Waals surface area contributed by atoms with E-state index >= 15 is 0 Å². The maximum absolute atomic E-state index is 11.9. The third-order valence-corrected chi connectivity index (χ3v) is 13.4. The van der Waals surface area contributed by atoms with Crippen LogP contribution in [0.4, 0.5) is 0 Å². The number of ether oxygens (including phenoxy) is 1. The molecule has 4 aliphatic carbocycles. The second kappa shape index (κ2) is 10.6. The summed E-state index contributed by atoms with van der Waals surface area (Å²) < 4.78 is 4.92. The van der Waals surface area contributed by atoms with Crippen molar-refractivity contribution in [2.75, 3.05) is 20.2 Å². The van der Waals surface area contributed by atoms with Crippen molar-refractivity contribution in [3.8, 4) is 0 Å². The lowest BCUT2D eigenvalue weighted by atomic mass is 9.38. The predicted molar refractivity (Wildman–Crippen MR) is 152 cm³/mol. The van der Waals surface area contributed by atoms with E-state index in [1.807, 2.05) is 0 Å². The van der Waals surface area contributed by atoms with Gasteiger partial charge in [-0.1, -0.05) is 53.2 Å². The highest BCUT2D eigenvalue weighted by molar-refractivity contribution is 5.71. The fraction of sp³-hybridized carbons (Fsp3) is 0.909. The van der Waals surface area contributed by atoms with Gasteiger partial charge < -0.3 is 15.2 Å². The molecule has 4 nitrogen and oxygen atoms in total. The molecule has 37 heavy (non-hydrogen) atoms. The molecule has 4 aliphatic rings. The van der Waals surface area contributed by atoms with Crippen LogP contribution in [0.2, 0.25) is 0 Å². The van der Waals surface area contributed by atoms with E-state index in [1.165, 1.54) is 70.5 Å². The Hall–Kier alpha value is -0.870. The molecule has 9 atom stereocenters. The van der Waals surface area contributed by atoms with Gasteiger partial charge in [-0.25, -0.2) is 0 Å². The van der Waals surface area contributed by atoms with Gasteiger partial charge in [0.2, 0.25) is 0 Å². The van der Waals surface area contributed by atoms with Crippen LogP contribution in [0.1, 0.15) is 112 Å². The fourth-order valence-corrected chi connectivity index (χ4v) is 10.1. The van der Waals surface area contributed by atoms with Crippen molar-refractivity contribution < 1.29 is 14.6 Å². The second-order valence-corrected chi connectivity index (χ2v) is 15.0. The monoisotopic (exact) mass is 515 g/mol. The Labute approximate surface area is 227 Å². The van der Waals surface area contributed by atoms with E-state index in [1.54, 1.807) is 0 Å². The lowest BCUT2D eigenvalue weighted by molar-refractivity contribution is -0.173. The average Bonchev–Trinajstić information content (AvgIpc) is 3.24. The van der Waals surface area contributed by atoms with Gasteiger partial charge in [-0.3, -0.25) is 4.79 Å². The van der Waals surface area contributed by atoms with Crippen molar-refractivity contribution in [1.29, 1.82) is 0 Å². The molecule has 4 saturated carbocycles. The molecule has 0 unspecified atom stereocenters. The number of hydrogen-bond acceptors (Lipinski definition) is 4. The molecule has 0 saturated heterocycles. The number of aliphatic hydroxyl groups excluding tert-OH is 1. The summed E-state index contributed by atoms with van der Waals surface area (Å²) >= 11 is 0. The van der Waals surface area contributed by atoms with Crippen LogP contribution in [0.15, 0.2) is 12.2 Å². The SMILES string of the molecule is C=C(C)[C@@H]1CC[C@]2(CNCC(=O)OC)CC[C@]3(C)[C@H](CC[C@@H]4CCC[C@H](O)C(C)(C)[C@@H](C)CC[C@]43C)[C@@H]12. The molecule has 0 aromatic rings. The number of methoxy groups -OCH3 is 1. The van der Waals surface area contributed by atoms with Crippen molar-refractivity contribution >= 4 is 5.97 Å². The number of carbonyl (C=O) groups excluding carboxylic acids is 1. The van der Waals surface area contributed by atoms with Crippen LogP contribution in [-0.2, 0) is 9.53 Å². The average molecular weight is 516 g/mol. The highest BCUT2D eigenvalue weighted by Crippen LogP contribution is 2.72. The first-order valence-electron chi connectivity index (χ1n) is 15.4. The minimum absolute atomic E-state index is 0.0261. The third kappa shape index (κ3) is 4.85. The van der Waals surface area contributed by atoms with Gasteiger partial charge in [-0.15, -0.1) is 0 Å². The zero-order valence-electron chi connectivity index (χ0n) is 25.1. The summed E-state index contributed by atoms with van der Waals surface area (Å²) in [5.74, 6) is 3.06. The van der Waals surface area contributed by atoms with Crippen LogP contribution < -0.4 is 5.32 Å². The highest BCUT2D eigenvalue weighted by atomic mass is 16.5. The van der Waals surface area contributed by atoms with E-state index in [0.29, 0.717) is 41.0 Å². The molecule has 0 bridgehead atoms. The maximum atomic E-state index is 11.9. The molecule has 4 rings (SSSR count). The van der Waals surface area contributed by atoms with E-state index in [9.17, 15) is 9.90 Å². The molecule has 0 heterocycles. The quantitative estimate of drug-likeness (QED) is 0.301. The number of fused-ring (bicyclic) bond motifs is 5. The third-order valence-electron chi connectivity index (χ3n) is 13.4. The molecule has 0 aromatic carbocycles. The predicted octanol–water partition coefficient (Wildman–Crippen LogP) is 7.16. The Balaban J connectivity index is 1.66. The number of allylic oxidation sites excluding steroid dienone is 1. The zero-order valence-corrected chi connectivity index (χ0v) is 25.1. The summed E-state index contributed by atoms with van der Waals surface area (Å²) in [6.07, 6.45) is 13.4. The Morgan fingerprint density at radius 1 is 0.973 bits per heavy atom. The maximum Gasteiger partial charge on any atom is 0.319 e. The van der Waals surface area contributed by atoms with Crippen LogP contribution in [-0.4, -0.2) is 37.4 Å². The van der Waals surface area contributed by atoms with Gasteiger partial charge in [-0.2, -0.15) is 0 Å². The number of carbonyl (C=O) groups is 1. The molecule has 0 amide bonds. The first-order valence-corrected chi connectivity index (χ1v) is 15.4. The van der Waals surface area contributed by atoms with E-state index in [4.69, 9.17) is 4.74 Å². The van der Waals surface area contributed by atoms with Gasteiger partial charge in [0.1, 0.15) is 0 Å². The van der Waals surface area contributed by atoms with Gasteiger partial charge in [0.05, 0.1) is 19.8 Å². The van der Waals surface area contributed by atoms with Gasteiger partial charge in [0.25, 0.3) is 0 Å². The number of nitrogens with one attached hydrogen (secondary N) is 1. The van der Waals surface area contributed by atoms with Crippen LogP contribution in [0.25, 0.3) is 0 Å².